The summed E-state index contributed by atoms with van der Waals surface area (Å²) >= 11 is 1.46. The van der Waals surface area contributed by atoms with Crippen LogP contribution in [0.2, 0.25) is 0 Å². The van der Waals surface area contributed by atoms with Gasteiger partial charge in [0.1, 0.15) is 11.3 Å². The molecule has 0 bridgehead atoms. The Hall–Kier alpha value is -4.82. The van der Waals surface area contributed by atoms with E-state index in [0.29, 0.717) is 27.5 Å². The summed E-state index contributed by atoms with van der Waals surface area (Å²) in [5, 5.41) is 12.6. The lowest BCUT2D eigenvalue weighted by molar-refractivity contribution is 0.563. The summed E-state index contributed by atoms with van der Waals surface area (Å²) in [4.78, 5) is 17.5. The average molecular weight is 490 g/mol. The van der Waals surface area contributed by atoms with Gasteiger partial charge >= 0.3 is 5.63 Å². The third kappa shape index (κ3) is 4.33. The van der Waals surface area contributed by atoms with Crippen LogP contribution in [0, 0.1) is 0 Å². The molecule has 0 unspecified atom stereocenters. The van der Waals surface area contributed by atoms with E-state index < -0.39 is 5.63 Å². The summed E-state index contributed by atoms with van der Waals surface area (Å²) in [6.45, 7) is 0. The lowest BCUT2D eigenvalue weighted by Crippen LogP contribution is -2.05. The highest BCUT2D eigenvalue weighted by atomic mass is 32.1. The highest BCUT2D eigenvalue weighted by molar-refractivity contribution is 7.14. The summed E-state index contributed by atoms with van der Waals surface area (Å²) < 4.78 is 7.29. The van der Waals surface area contributed by atoms with Crippen molar-refractivity contribution in [3.05, 3.63) is 119 Å². The van der Waals surface area contributed by atoms with Crippen molar-refractivity contribution in [3.8, 4) is 28.2 Å². The lowest BCUT2D eigenvalue weighted by atomic mass is 10.1. The zero-order valence-electron chi connectivity index (χ0n) is 18.9. The van der Waals surface area contributed by atoms with Gasteiger partial charge in [0.25, 0.3) is 0 Å². The maximum Gasteiger partial charge on any atom is 0.345 e. The molecule has 6 rings (SSSR count). The molecule has 0 saturated heterocycles. The van der Waals surface area contributed by atoms with Crippen molar-refractivity contribution in [1.29, 1.82) is 0 Å². The highest BCUT2D eigenvalue weighted by Gasteiger charge is 2.16. The number of nitrogens with one attached hydrogen (secondary N) is 1. The minimum atomic E-state index is -0.456. The number of fused-ring (bicyclic) bond motifs is 1. The summed E-state index contributed by atoms with van der Waals surface area (Å²) in [5.74, 6) is 0. The number of hydrazone groups is 1. The monoisotopic (exact) mass is 489 g/mol. The van der Waals surface area contributed by atoms with Crippen LogP contribution in [0.3, 0.4) is 0 Å². The van der Waals surface area contributed by atoms with Crippen molar-refractivity contribution in [2.75, 3.05) is 5.43 Å². The normalized spacial score (nSPS) is 11.3. The lowest BCUT2D eigenvalue weighted by Gasteiger charge is -2.01. The Morgan fingerprint density at radius 1 is 0.944 bits per heavy atom. The predicted octanol–water partition coefficient (Wildman–Crippen LogP) is 6.22. The van der Waals surface area contributed by atoms with Gasteiger partial charge in [-0.1, -0.05) is 66.7 Å². The van der Waals surface area contributed by atoms with Crippen molar-refractivity contribution in [2.45, 2.75) is 0 Å². The van der Waals surface area contributed by atoms with Gasteiger partial charge in [-0.05, 0) is 24.3 Å². The van der Waals surface area contributed by atoms with Crippen LogP contribution in [-0.4, -0.2) is 21.0 Å². The van der Waals surface area contributed by atoms with Gasteiger partial charge in [-0.2, -0.15) is 10.2 Å². The number of hydrogen-bond donors (Lipinski definition) is 1. The van der Waals surface area contributed by atoms with Gasteiger partial charge in [-0.3, -0.25) is 5.43 Å². The van der Waals surface area contributed by atoms with Gasteiger partial charge in [0.15, 0.2) is 0 Å². The second-order valence-corrected chi connectivity index (χ2v) is 8.83. The van der Waals surface area contributed by atoms with E-state index in [0.717, 1.165) is 22.3 Å². The minimum absolute atomic E-state index is 0.366. The van der Waals surface area contributed by atoms with E-state index in [4.69, 9.17) is 9.52 Å². The molecule has 0 amide bonds. The number of para-hydroxylation sites is 2. The fourth-order valence-electron chi connectivity index (χ4n) is 3.85. The molecule has 0 aliphatic carbocycles. The molecule has 0 fully saturated rings. The largest absolute Gasteiger partial charge is 0.422 e. The van der Waals surface area contributed by atoms with E-state index in [1.54, 1.807) is 23.0 Å². The Morgan fingerprint density at radius 2 is 1.69 bits per heavy atom. The van der Waals surface area contributed by atoms with E-state index >= 15 is 0 Å². The van der Waals surface area contributed by atoms with Gasteiger partial charge in [0.2, 0.25) is 5.13 Å². The molecule has 8 heteroatoms. The van der Waals surface area contributed by atoms with Crippen LogP contribution in [0.4, 0.5) is 5.13 Å². The van der Waals surface area contributed by atoms with E-state index in [2.05, 4.69) is 15.5 Å². The number of anilines is 1. The third-order valence-electron chi connectivity index (χ3n) is 5.60. The molecule has 3 aromatic carbocycles. The second-order valence-electron chi connectivity index (χ2n) is 7.97. The van der Waals surface area contributed by atoms with Crippen molar-refractivity contribution < 1.29 is 4.42 Å². The predicted molar refractivity (Wildman–Crippen MR) is 144 cm³/mol. The number of aromatic nitrogens is 3. The molecule has 0 atom stereocenters. The topological polar surface area (TPSA) is 85.3 Å². The number of nitrogens with zero attached hydrogens (tertiary/aromatic N) is 4. The summed E-state index contributed by atoms with van der Waals surface area (Å²) in [5.41, 5.74) is 7.36. The quantitative estimate of drug-likeness (QED) is 0.171. The fraction of sp³-hybridized carbons (Fsp3) is 0. The van der Waals surface area contributed by atoms with Gasteiger partial charge in [0, 0.05) is 28.1 Å². The zero-order chi connectivity index (χ0) is 24.3. The average Bonchev–Trinajstić information content (AvgIpc) is 3.57. The molecule has 174 valence electrons. The Kier molecular flexibility index (Phi) is 5.69. The summed E-state index contributed by atoms with van der Waals surface area (Å²) in [6, 6.07) is 28.9. The summed E-state index contributed by atoms with van der Waals surface area (Å²) in [6.07, 6.45) is 3.47. The SMILES string of the molecule is O=c1oc2ccccc2cc1-c1nn(-c2ccccc2)cc1/C=N/Nc1nc(-c2ccccc2)cs1. The first-order valence-electron chi connectivity index (χ1n) is 11.2. The van der Waals surface area contributed by atoms with Crippen molar-refractivity contribution in [1.82, 2.24) is 14.8 Å². The first-order chi connectivity index (χ1) is 17.7. The van der Waals surface area contributed by atoms with Crippen LogP contribution < -0.4 is 11.1 Å². The highest BCUT2D eigenvalue weighted by Crippen LogP contribution is 2.26. The van der Waals surface area contributed by atoms with Crippen LogP contribution in [0.15, 0.2) is 117 Å². The fourth-order valence-corrected chi connectivity index (χ4v) is 4.52. The van der Waals surface area contributed by atoms with Crippen LogP contribution in [0.25, 0.3) is 39.2 Å². The molecular weight excluding hydrogens is 470 g/mol. The van der Waals surface area contributed by atoms with Gasteiger partial charge < -0.3 is 4.42 Å². The van der Waals surface area contributed by atoms with Crippen LogP contribution in [0.1, 0.15) is 5.56 Å². The van der Waals surface area contributed by atoms with Crippen molar-refractivity contribution in [3.63, 3.8) is 0 Å². The van der Waals surface area contributed by atoms with E-state index in [1.807, 2.05) is 90.4 Å². The maximum absolute atomic E-state index is 12.9. The molecule has 6 aromatic rings. The summed E-state index contributed by atoms with van der Waals surface area (Å²) in [7, 11) is 0. The Bertz CT molecular complexity index is 1740. The number of hydrogen-bond acceptors (Lipinski definition) is 7. The first kappa shape index (κ1) is 21.7. The second kappa shape index (κ2) is 9.44. The van der Waals surface area contributed by atoms with E-state index in [-0.39, 0.29) is 0 Å². The Morgan fingerprint density at radius 3 is 2.53 bits per heavy atom. The smallest absolute Gasteiger partial charge is 0.345 e. The molecule has 0 aliphatic rings. The maximum atomic E-state index is 12.9. The van der Waals surface area contributed by atoms with Gasteiger partial charge in [-0.25, -0.2) is 14.5 Å². The number of benzene rings is 3. The Balaban J connectivity index is 1.36. The molecule has 3 heterocycles. The van der Waals surface area contributed by atoms with Crippen LogP contribution >= 0.6 is 11.3 Å². The molecule has 0 aliphatic heterocycles. The standard InChI is InChI=1S/C28H19N5O2S/c34-27-23(15-20-11-7-8-14-25(20)35-27)26-21(17-33(32-26)22-12-5-2-6-13-22)16-29-31-28-30-24(18-36-28)19-9-3-1-4-10-19/h1-18H,(H,30,31)/b29-16+. The molecule has 3 aromatic heterocycles. The number of rotatable bonds is 6. The molecule has 0 spiro atoms. The zero-order valence-corrected chi connectivity index (χ0v) is 19.7. The molecule has 0 radical (unpaired) electrons. The van der Waals surface area contributed by atoms with Crippen LogP contribution in [-0.2, 0) is 0 Å². The minimum Gasteiger partial charge on any atom is -0.422 e. The molecule has 36 heavy (non-hydrogen) atoms. The molecule has 7 nitrogen and oxygen atoms in total. The van der Waals surface area contributed by atoms with Crippen molar-refractivity contribution >= 4 is 33.7 Å². The van der Waals surface area contributed by atoms with Crippen molar-refractivity contribution in [2.24, 2.45) is 5.10 Å². The van der Waals surface area contributed by atoms with Gasteiger partial charge in [0.05, 0.1) is 23.2 Å². The van der Waals surface area contributed by atoms with E-state index in [1.165, 1.54) is 11.3 Å². The number of thiazole rings is 1. The molecule has 1 N–H and O–H groups in total. The van der Waals surface area contributed by atoms with Crippen LogP contribution in [0.5, 0.6) is 0 Å². The molecular formula is C28H19N5O2S. The third-order valence-corrected chi connectivity index (χ3v) is 6.34. The van der Waals surface area contributed by atoms with Gasteiger partial charge in [-0.15, -0.1) is 11.3 Å². The Labute approximate surface area is 210 Å². The first-order valence-corrected chi connectivity index (χ1v) is 12.1. The molecule has 0 saturated carbocycles. The van der Waals surface area contributed by atoms with E-state index in [9.17, 15) is 4.79 Å².